The summed E-state index contributed by atoms with van der Waals surface area (Å²) in [4.78, 5) is 27.3. The second kappa shape index (κ2) is 12.1. The predicted molar refractivity (Wildman–Crippen MR) is 169 cm³/mol. The van der Waals surface area contributed by atoms with E-state index in [9.17, 15) is 4.79 Å². The van der Waals surface area contributed by atoms with Gasteiger partial charge in [0.1, 0.15) is 9.93 Å². The number of benzene rings is 3. The van der Waals surface area contributed by atoms with Crippen LogP contribution >= 0.6 is 35.1 Å². The van der Waals surface area contributed by atoms with Gasteiger partial charge in [0.05, 0.1) is 11.4 Å². The van der Waals surface area contributed by atoms with E-state index >= 15 is 0 Å². The van der Waals surface area contributed by atoms with Gasteiger partial charge >= 0.3 is 0 Å². The first-order chi connectivity index (χ1) is 18.9. The van der Waals surface area contributed by atoms with Crippen LogP contribution in [-0.4, -0.2) is 42.2 Å². The van der Waals surface area contributed by atoms with Crippen molar-refractivity contribution in [2.75, 3.05) is 36.0 Å². The molecule has 0 atom stereocenters. The van der Waals surface area contributed by atoms with Gasteiger partial charge < -0.3 is 9.80 Å². The van der Waals surface area contributed by atoms with E-state index in [1.165, 1.54) is 23.0 Å². The Labute approximate surface area is 244 Å². The second-order valence-corrected chi connectivity index (χ2v) is 11.9. The van der Waals surface area contributed by atoms with Crippen molar-refractivity contribution in [3.8, 4) is 0 Å². The molecule has 0 radical (unpaired) electrons. The van der Waals surface area contributed by atoms with Crippen molar-refractivity contribution in [3.05, 3.63) is 92.8 Å². The lowest BCUT2D eigenvalue weighted by atomic mass is 10.1. The third-order valence-corrected chi connectivity index (χ3v) is 9.64. The number of carbonyl (C=O) groups is 1. The highest BCUT2D eigenvalue weighted by Gasteiger charge is 2.39. The number of amidine groups is 1. The van der Waals surface area contributed by atoms with E-state index in [4.69, 9.17) is 16.6 Å². The quantitative estimate of drug-likeness (QED) is 0.253. The van der Waals surface area contributed by atoms with Gasteiger partial charge in [0.15, 0.2) is 5.17 Å². The van der Waals surface area contributed by atoms with E-state index in [1.54, 1.807) is 11.8 Å². The molecule has 0 aromatic heterocycles. The Bertz CT molecular complexity index is 1440. The first kappa shape index (κ1) is 27.7. The molecule has 0 bridgehead atoms. The highest BCUT2D eigenvalue weighted by Crippen LogP contribution is 2.51. The summed E-state index contributed by atoms with van der Waals surface area (Å²) in [5.41, 5.74) is 5.42. The molecule has 3 aromatic rings. The number of anilines is 2. The van der Waals surface area contributed by atoms with Gasteiger partial charge in [-0.15, -0.1) is 0 Å². The van der Waals surface area contributed by atoms with E-state index in [2.05, 4.69) is 67.8 Å². The van der Waals surface area contributed by atoms with Crippen LogP contribution in [0.15, 0.2) is 86.6 Å². The van der Waals surface area contributed by atoms with E-state index in [1.807, 2.05) is 41.3 Å². The van der Waals surface area contributed by atoms with Crippen LogP contribution in [0.25, 0.3) is 0 Å². The van der Waals surface area contributed by atoms with Gasteiger partial charge in [0, 0.05) is 41.8 Å². The van der Waals surface area contributed by atoms with E-state index in [0.29, 0.717) is 11.6 Å². The number of hydrogen-bond acceptors (Lipinski definition) is 6. The Hall–Kier alpha value is -2.87. The van der Waals surface area contributed by atoms with Crippen molar-refractivity contribution in [2.24, 2.45) is 4.99 Å². The molecule has 5 rings (SSSR count). The molecular formula is C31H33ClN4OS2. The zero-order chi connectivity index (χ0) is 27.5. The zero-order valence-electron chi connectivity index (χ0n) is 22.8. The smallest absolute Gasteiger partial charge is 0.269 e. The molecule has 0 N–H and O–H groups in total. The fourth-order valence-corrected chi connectivity index (χ4v) is 7.45. The Kier molecular flexibility index (Phi) is 8.60. The van der Waals surface area contributed by atoms with Crippen molar-refractivity contribution in [1.29, 1.82) is 0 Å². The molecule has 39 heavy (non-hydrogen) atoms. The fourth-order valence-electron chi connectivity index (χ4n) is 4.89. The van der Waals surface area contributed by atoms with Crippen LogP contribution < -0.4 is 9.80 Å². The summed E-state index contributed by atoms with van der Waals surface area (Å²) in [6.45, 7) is 11.8. The SMILES string of the molecule is CCN(CC)c1ccc(N=C2S/C(=C3\Sc4ccc(Cl)cc4N3CC)C(=O)N2CCc2ccccc2)c(C)c1. The number of fused-ring (bicyclic) bond motifs is 1. The summed E-state index contributed by atoms with van der Waals surface area (Å²) < 4.78 is 0. The summed E-state index contributed by atoms with van der Waals surface area (Å²) >= 11 is 9.44. The molecular weight excluding hydrogens is 544 g/mol. The number of aliphatic imine (C=N–C) groups is 1. The molecule has 1 fully saturated rings. The number of thioether (sulfide) groups is 2. The van der Waals surface area contributed by atoms with Crippen LogP contribution in [0.4, 0.5) is 17.1 Å². The fraction of sp³-hybridized carbons (Fsp3) is 0.290. The van der Waals surface area contributed by atoms with Gasteiger partial charge in [-0.3, -0.25) is 9.69 Å². The first-order valence-electron chi connectivity index (χ1n) is 13.4. The number of nitrogens with zero attached hydrogens (tertiary/aromatic N) is 4. The van der Waals surface area contributed by atoms with Crippen LogP contribution in [0, 0.1) is 6.92 Å². The molecule has 5 nitrogen and oxygen atoms in total. The maximum atomic E-state index is 14.0. The third kappa shape index (κ3) is 5.72. The van der Waals surface area contributed by atoms with Crippen LogP contribution in [0.3, 0.4) is 0 Å². The van der Waals surface area contributed by atoms with Gasteiger partial charge in [-0.05, 0) is 93.4 Å². The molecule has 2 aliphatic rings. The lowest BCUT2D eigenvalue weighted by Crippen LogP contribution is -2.32. The molecule has 0 unspecified atom stereocenters. The summed E-state index contributed by atoms with van der Waals surface area (Å²) in [6, 6.07) is 22.6. The Morgan fingerprint density at radius 3 is 2.38 bits per heavy atom. The lowest BCUT2D eigenvalue weighted by Gasteiger charge is -2.22. The average Bonchev–Trinajstić information content (AvgIpc) is 3.46. The molecule has 3 aromatic carbocycles. The predicted octanol–water partition coefficient (Wildman–Crippen LogP) is 8.10. The molecule has 0 saturated carbocycles. The van der Waals surface area contributed by atoms with E-state index < -0.39 is 0 Å². The Balaban J connectivity index is 1.52. The Morgan fingerprint density at radius 2 is 1.69 bits per heavy atom. The van der Waals surface area contributed by atoms with Crippen molar-refractivity contribution in [3.63, 3.8) is 0 Å². The molecule has 1 saturated heterocycles. The van der Waals surface area contributed by atoms with Crippen molar-refractivity contribution in [1.82, 2.24) is 4.90 Å². The van der Waals surface area contributed by atoms with Gasteiger partial charge in [0.2, 0.25) is 0 Å². The zero-order valence-corrected chi connectivity index (χ0v) is 25.2. The van der Waals surface area contributed by atoms with Crippen LogP contribution in [0.5, 0.6) is 0 Å². The summed E-state index contributed by atoms with van der Waals surface area (Å²) in [7, 11) is 0. The van der Waals surface area contributed by atoms with Gasteiger partial charge in [-0.1, -0.05) is 53.7 Å². The molecule has 0 aliphatic carbocycles. The van der Waals surface area contributed by atoms with Crippen molar-refractivity contribution in [2.45, 2.75) is 39.0 Å². The lowest BCUT2D eigenvalue weighted by molar-refractivity contribution is -0.122. The second-order valence-electron chi connectivity index (χ2n) is 9.42. The average molecular weight is 577 g/mol. The minimum atomic E-state index is 0.00643. The number of carbonyl (C=O) groups excluding carboxylic acids is 1. The van der Waals surface area contributed by atoms with Gasteiger partial charge in [0.25, 0.3) is 5.91 Å². The molecule has 202 valence electrons. The van der Waals surface area contributed by atoms with Crippen LogP contribution in [0.1, 0.15) is 31.9 Å². The molecule has 2 heterocycles. The maximum Gasteiger partial charge on any atom is 0.269 e. The highest BCUT2D eigenvalue weighted by molar-refractivity contribution is 8.19. The number of rotatable bonds is 8. The molecule has 2 aliphatic heterocycles. The summed E-state index contributed by atoms with van der Waals surface area (Å²) in [5.74, 6) is 0.00643. The molecule has 0 spiro atoms. The van der Waals surface area contributed by atoms with Crippen molar-refractivity contribution < 1.29 is 4.79 Å². The topological polar surface area (TPSA) is 39.1 Å². The normalized spacial score (nSPS) is 17.9. The van der Waals surface area contributed by atoms with Crippen molar-refractivity contribution >= 4 is 63.3 Å². The molecule has 1 amide bonds. The maximum absolute atomic E-state index is 14.0. The highest BCUT2D eigenvalue weighted by atomic mass is 35.5. The number of amides is 1. The number of aryl methyl sites for hydroxylation is 1. The van der Waals surface area contributed by atoms with Crippen LogP contribution in [-0.2, 0) is 11.2 Å². The Morgan fingerprint density at radius 1 is 0.923 bits per heavy atom. The molecule has 8 heteroatoms. The number of halogens is 1. The van der Waals surface area contributed by atoms with Gasteiger partial charge in [-0.2, -0.15) is 0 Å². The number of hydrogen-bond donors (Lipinski definition) is 0. The third-order valence-electron chi connectivity index (χ3n) is 7.03. The van der Waals surface area contributed by atoms with Gasteiger partial charge in [-0.25, -0.2) is 4.99 Å². The van der Waals surface area contributed by atoms with E-state index in [-0.39, 0.29) is 5.91 Å². The van der Waals surface area contributed by atoms with Crippen LogP contribution in [0.2, 0.25) is 5.02 Å². The minimum Gasteiger partial charge on any atom is -0.372 e. The summed E-state index contributed by atoms with van der Waals surface area (Å²) in [5, 5.41) is 2.37. The largest absolute Gasteiger partial charge is 0.372 e. The standard InChI is InChI=1S/C31H33ClN4OS2/c1-5-34(6-2)24-14-15-25(21(4)19-24)33-31-36(18-17-22-11-9-8-10-12-22)29(37)28(39-31)30-35(7-3)26-20-23(32)13-16-27(26)38-30/h8-16,19-20H,5-7,17-18H2,1-4H3/b30-28-,33-31?. The monoisotopic (exact) mass is 576 g/mol. The minimum absolute atomic E-state index is 0.00643. The first-order valence-corrected chi connectivity index (χ1v) is 15.4. The van der Waals surface area contributed by atoms with E-state index in [0.717, 1.165) is 63.0 Å². The summed E-state index contributed by atoms with van der Waals surface area (Å²) in [6.07, 6.45) is 0.759.